The zero-order valence-corrected chi connectivity index (χ0v) is 21.8. The fraction of sp³-hybridized carbons (Fsp3) is 0.286. The Morgan fingerprint density at radius 2 is 1.68 bits per heavy atom. The molecule has 37 heavy (non-hydrogen) atoms. The van der Waals surface area contributed by atoms with Crippen molar-refractivity contribution in [3.05, 3.63) is 46.6 Å². The molecule has 1 aliphatic heterocycles. The number of halogens is 5. The second kappa shape index (κ2) is 9.75. The fourth-order valence-electron chi connectivity index (χ4n) is 4.19. The fourth-order valence-corrected chi connectivity index (χ4v) is 6.82. The van der Waals surface area contributed by atoms with Gasteiger partial charge in [-0.15, -0.1) is 0 Å². The van der Waals surface area contributed by atoms with Crippen LogP contribution in [-0.4, -0.2) is 57.9 Å². The third-order valence-corrected chi connectivity index (χ3v) is 9.04. The highest BCUT2D eigenvalue weighted by molar-refractivity contribution is 7.90. The Bertz CT molecular complexity index is 1600. The van der Waals surface area contributed by atoms with Gasteiger partial charge in [0.2, 0.25) is 20.0 Å². The number of rotatable bonds is 5. The lowest BCUT2D eigenvalue weighted by molar-refractivity contribution is -0.186. The van der Waals surface area contributed by atoms with Crippen LogP contribution in [0.15, 0.2) is 46.3 Å². The number of benzene rings is 2. The number of nitrogens with two attached hydrogens (primary N) is 1. The molecular weight excluding hydrogens is 580 g/mol. The number of likely N-dealkylation sites (tertiary alicyclic amines) is 1. The molecule has 1 aromatic heterocycles. The average Bonchev–Trinajstić information content (AvgIpc) is 3.20. The van der Waals surface area contributed by atoms with Crippen molar-refractivity contribution in [3.63, 3.8) is 0 Å². The number of hydrogen-bond acceptors (Lipinski definition) is 5. The van der Waals surface area contributed by atoms with Crippen molar-refractivity contribution in [2.24, 2.45) is 5.14 Å². The lowest BCUT2D eigenvalue weighted by Crippen LogP contribution is -2.49. The molecule has 1 fully saturated rings. The van der Waals surface area contributed by atoms with Crippen LogP contribution in [0.2, 0.25) is 10.0 Å². The molecular formula is C21H19Cl2F3N4O5S2. The number of sulfonamides is 2. The van der Waals surface area contributed by atoms with E-state index < -0.39 is 38.2 Å². The van der Waals surface area contributed by atoms with Gasteiger partial charge in [0.05, 0.1) is 25.4 Å². The van der Waals surface area contributed by atoms with Crippen molar-refractivity contribution in [2.75, 3.05) is 13.1 Å². The number of primary sulfonamides is 1. The molecule has 0 spiro atoms. The summed E-state index contributed by atoms with van der Waals surface area (Å²) in [7, 11) is -8.54. The molecule has 0 bridgehead atoms. The minimum absolute atomic E-state index is 0.0313. The summed E-state index contributed by atoms with van der Waals surface area (Å²) in [6.45, 7) is -0.561. The first kappa shape index (κ1) is 27.7. The highest BCUT2D eigenvalue weighted by Gasteiger charge is 2.43. The van der Waals surface area contributed by atoms with Crippen LogP contribution in [0.25, 0.3) is 22.0 Å². The Hall–Kier alpha value is -2.36. The van der Waals surface area contributed by atoms with Gasteiger partial charge in [-0.05, 0) is 37.1 Å². The summed E-state index contributed by atoms with van der Waals surface area (Å²) in [5.74, 6) is -1.98. The third kappa shape index (κ3) is 5.59. The van der Waals surface area contributed by atoms with Crippen LogP contribution in [0.1, 0.15) is 12.8 Å². The Morgan fingerprint density at radius 3 is 2.27 bits per heavy atom. The molecule has 0 aliphatic carbocycles. The van der Waals surface area contributed by atoms with Crippen LogP contribution in [0.5, 0.6) is 0 Å². The first-order valence-corrected chi connectivity index (χ1v) is 14.4. The average molecular weight is 599 g/mol. The van der Waals surface area contributed by atoms with Crippen molar-refractivity contribution < 1.29 is 34.8 Å². The predicted molar refractivity (Wildman–Crippen MR) is 131 cm³/mol. The number of H-pyrrole nitrogens is 1. The highest BCUT2D eigenvalue weighted by atomic mass is 35.5. The Balaban J connectivity index is 1.68. The lowest BCUT2D eigenvalue weighted by Gasteiger charge is -2.32. The number of piperidine rings is 1. The zero-order valence-electron chi connectivity index (χ0n) is 18.6. The van der Waals surface area contributed by atoms with Gasteiger partial charge < -0.3 is 9.88 Å². The predicted octanol–water partition coefficient (Wildman–Crippen LogP) is 3.62. The van der Waals surface area contributed by atoms with Crippen molar-refractivity contribution in [1.29, 1.82) is 0 Å². The highest BCUT2D eigenvalue weighted by Crippen LogP contribution is 2.39. The van der Waals surface area contributed by atoms with Gasteiger partial charge in [0, 0.05) is 41.8 Å². The number of fused-ring (bicyclic) bond motifs is 1. The number of carbonyl (C=O) groups is 1. The van der Waals surface area contributed by atoms with E-state index in [4.69, 9.17) is 28.3 Å². The van der Waals surface area contributed by atoms with Crippen LogP contribution < -0.4 is 9.86 Å². The molecule has 1 saturated heterocycles. The van der Waals surface area contributed by atoms with Crippen LogP contribution in [0.3, 0.4) is 0 Å². The molecule has 2 heterocycles. The maximum absolute atomic E-state index is 13.1. The van der Waals surface area contributed by atoms with Crippen molar-refractivity contribution >= 4 is 60.1 Å². The second-order valence-electron chi connectivity index (χ2n) is 8.37. The van der Waals surface area contributed by atoms with Gasteiger partial charge in [-0.1, -0.05) is 29.3 Å². The molecule has 200 valence electrons. The molecule has 4 N–H and O–H groups in total. The molecule has 9 nitrogen and oxygen atoms in total. The molecule has 16 heteroatoms. The number of nitrogens with zero attached hydrogens (tertiary/aromatic N) is 1. The van der Waals surface area contributed by atoms with Crippen LogP contribution in [-0.2, 0) is 24.8 Å². The number of nitrogens with one attached hydrogen (secondary N) is 2. The van der Waals surface area contributed by atoms with Crippen molar-refractivity contribution in [3.8, 4) is 11.1 Å². The van der Waals surface area contributed by atoms with E-state index in [-0.39, 0.29) is 56.9 Å². The van der Waals surface area contributed by atoms with E-state index in [0.29, 0.717) is 15.8 Å². The number of hydrogen-bond donors (Lipinski definition) is 3. The van der Waals surface area contributed by atoms with E-state index in [1.165, 1.54) is 18.3 Å². The molecule has 2 aromatic carbocycles. The summed E-state index contributed by atoms with van der Waals surface area (Å²) in [6, 6.07) is 5.45. The summed E-state index contributed by atoms with van der Waals surface area (Å²) in [5, 5.41) is 6.32. The van der Waals surface area contributed by atoms with E-state index in [2.05, 4.69) is 9.71 Å². The van der Waals surface area contributed by atoms with Gasteiger partial charge in [-0.3, -0.25) is 4.79 Å². The van der Waals surface area contributed by atoms with Crippen molar-refractivity contribution in [2.45, 2.75) is 34.9 Å². The number of carbonyl (C=O) groups excluding carboxylic acids is 1. The van der Waals surface area contributed by atoms with Gasteiger partial charge in [0.1, 0.15) is 0 Å². The van der Waals surface area contributed by atoms with Crippen molar-refractivity contribution in [1.82, 2.24) is 14.6 Å². The van der Waals surface area contributed by atoms with E-state index in [9.17, 15) is 34.8 Å². The summed E-state index contributed by atoms with van der Waals surface area (Å²) in [5.41, 5.74) is 0.592. The summed E-state index contributed by atoms with van der Waals surface area (Å²) in [6.07, 6.45) is -3.65. The number of aromatic nitrogens is 1. The normalized spacial score (nSPS) is 15.9. The van der Waals surface area contributed by atoms with Crippen LogP contribution >= 0.6 is 23.2 Å². The maximum Gasteiger partial charge on any atom is 0.471 e. The van der Waals surface area contributed by atoms with E-state index in [0.717, 1.165) is 18.2 Å². The topological polar surface area (TPSA) is 142 Å². The molecule has 0 radical (unpaired) electrons. The van der Waals surface area contributed by atoms with E-state index in [1.807, 2.05) is 0 Å². The summed E-state index contributed by atoms with van der Waals surface area (Å²) < 4.78 is 91.3. The van der Waals surface area contributed by atoms with Gasteiger partial charge in [0.25, 0.3) is 0 Å². The Labute approximate surface area is 219 Å². The summed E-state index contributed by atoms with van der Waals surface area (Å²) >= 11 is 12.4. The SMILES string of the molecule is NS(=O)(=O)c1ccc(S(=O)(=O)NC2CCN(C(=O)C(F)(F)F)CC2)cc1-c1ccc(Cl)c2c(Cl)c[nH]c12. The number of amides is 1. The second-order valence-corrected chi connectivity index (χ2v) is 12.4. The van der Waals surface area contributed by atoms with Gasteiger partial charge in [-0.25, -0.2) is 26.7 Å². The summed E-state index contributed by atoms with van der Waals surface area (Å²) in [4.78, 5) is 14.3. The number of aromatic amines is 1. The van der Waals surface area contributed by atoms with Gasteiger partial charge in [0.15, 0.2) is 0 Å². The van der Waals surface area contributed by atoms with E-state index in [1.54, 1.807) is 0 Å². The van der Waals surface area contributed by atoms with Crippen LogP contribution in [0, 0.1) is 0 Å². The molecule has 3 aromatic rings. The quantitative estimate of drug-likeness (QED) is 0.411. The molecule has 1 aliphatic rings. The van der Waals surface area contributed by atoms with Crippen LogP contribution in [0.4, 0.5) is 13.2 Å². The molecule has 0 atom stereocenters. The molecule has 1 amide bonds. The molecule has 0 saturated carbocycles. The van der Waals surface area contributed by atoms with Gasteiger partial charge in [-0.2, -0.15) is 13.2 Å². The largest absolute Gasteiger partial charge is 0.471 e. The minimum Gasteiger partial charge on any atom is -0.359 e. The molecule has 4 rings (SSSR count). The molecule has 0 unspecified atom stereocenters. The first-order valence-electron chi connectivity index (χ1n) is 10.6. The minimum atomic E-state index is -5.01. The standard InChI is InChI=1S/C21H19Cl2F3N4O5S2/c22-15-3-2-13(19-18(15)16(23)10-28-19)14-9-12(1-4-17(14)36(27,32)33)37(34,35)29-11-5-7-30(8-6-11)20(31)21(24,25)26/h1-4,9-11,28-29H,5-8H2,(H2,27,32,33). The maximum atomic E-state index is 13.1. The zero-order chi connectivity index (χ0) is 27.3. The van der Waals surface area contributed by atoms with E-state index >= 15 is 0 Å². The number of alkyl halides is 3. The Morgan fingerprint density at radius 1 is 1.03 bits per heavy atom. The van der Waals surface area contributed by atoms with Gasteiger partial charge >= 0.3 is 12.1 Å². The lowest BCUT2D eigenvalue weighted by atomic mass is 10.0. The Kier molecular flexibility index (Phi) is 7.29. The monoisotopic (exact) mass is 598 g/mol. The third-order valence-electron chi connectivity index (χ3n) is 5.94. The smallest absolute Gasteiger partial charge is 0.359 e. The first-order chi connectivity index (χ1) is 17.1.